The molecule has 4 nitrogen and oxygen atoms in total. The van der Waals surface area contributed by atoms with Crippen molar-refractivity contribution in [3.8, 4) is 0 Å². The molecule has 0 radical (unpaired) electrons. The molecule has 0 aliphatic rings. The van der Waals surface area contributed by atoms with Crippen LogP contribution in [0.15, 0.2) is 18.3 Å². The number of rotatable bonds is 4. The maximum absolute atomic E-state index is 9.30. The van der Waals surface area contributed by atoms with E-state index in [9.17, 15) is 5.11 Å². The Balaban J connectivity index is 2.22. The van der Waals surface area contributed by atoms with E-state index in [0.717, 1.165) is 20.6 Å². The fraction of sp³-hybridized carbons (Fsp3) is 0.333. The smallest absolute Gasteiger partial charge is 0.137 e. The van der Waals surface area contributed by atoms with Crippen molar-refractivity contribution in [2.75, 3.05) is 11.9 Å². The van der Waals surface area contributed by atoms with E-state index in [1.54, 1.807) is 17.5 Å². The topological polar surface area (TPSA) is 49.3 Å². The molecule has 0 saturated heterocycles. The fourth-order valence-electron chi connectivity index (χ4n) is 1.67. The summed E-state index contributed by atoms with van der Waals surface area (Å²) in [6.07, 6.45) is 1.66. The first kappa shape index (κ1) is 13.3. The Morgan fingerprint density at radius 3 is 2.83 bits per heavy atom. The Labute approximate surface area is 115 Å². The Morgan fingerprint density at radius 1 is 1.44 bits per heavy atom. The van der Waals surface area contributed by atoms with Crippen molar-refractivity contribution >= 4 is 28.8 Å². The number of aromatic nitrogens is 2. The van der Waals surface area contributed by atoms with Gasteiger partial charge in [-0.1, -0.05) is 11.6 Å². The molecule has 6 heteroatoms. The van der Waals surface area contributed by atoms with E-state index in [-0.39, 0.29) is 6.61 Å². The minimum atomic E-state index is -0.0643. The molecule has 0 unspecified atom stereocenters. The van der Waals surface area contributed by atoms with E-state index in [2.05, 4.69) is 9.97 Å². The number of nitrogens with zero attached hydrogens (tertiary/aromatic N) is 3. The fourth-order valence-corrected chi connectivity index (χ4v) is 2.81. The molecular formula is C12H14ClN3OS. The second kappa shape index (κ2) is 5.65. The van der Waals surface area contributed by atoms with E-state index >= 15 is 0 Å². The Kier molecular flexibility index (Phi) is 4.16. The molecule has 0 atom stereocenters. The molecule has 0 saturated carbocycles. The van der Waals surface area contributed by atoms with Gasteiger partial charge >= 0.3 is 0 Å². The summed E-state index contributed by atoms with van der Waals surface area (Å²) in [5.74, 6) is 1.45. The number of aliphatic hydroxyl groups is 1. The molecule has 96 valence electrons. The molecule has 2 heterocycles. The van der Waals surface area contributed by atoms with Crippen molar-refractivity contribution in [2.24, 2.45) is 0 Å². The molecule has 0 amide bonds. The highest BCUT2D eigenvalue weighted by molar-refractivity contribution is 7.16. The summed E-state index contributed by atoms with van der Waals surface area (Å²) in [5, 5.41) is 9.30. The van der Waals surface area contributed by atoms with Crippen LogP contribution in [0.25, 0.3) is 0 Å². The van der Waals surface area contributed by atoms with Crippen LogP contribution in [0.4, 0.5) is 5.82 Å². The van der Waals surface area contributed by atoms with E-state index < -0.39 is 0 Å². The number of halogens is 1. The number of aryl methyl sites for hydroxylation is 1. The number of aliphatic hydroxyl groups excluding tert-OH is 1. The van der Waals surface area contributed by atoms with Crippen molar-refractivity contribution < 1.29 is 5.11 Å². The van der Waals surface area contributed by atoms with Crippen LogP contribution in [0.2, 0.25) is 4.34 Å². The molecule has 0 bridgehead atoms. The van der Waals surface area contributed by atoms with Crippen LogP contribution in [0, 0.1) is 6.92 Å². The molecule has 0 aliphatic heterocycles. The van der Waals surface area contributed by atoms with Crippen LogP contribution in [0.3, 0.4) is 0 Å². The lowest BCUT2D eigenvalue weighted by atomic mass is 10.3. The second-order valence-corrected chi connectivity index (χ2v) is 5.79. The summed E-state index contributed by atoms with van der Waals surface area (Å²) in [5.41, 5.74) is 0.728. The maximum Gasteiger partial charge on any atom is 0.137 e. The molecule has 2 aromatic heterocycles. The van der Waals surface area contributed by atoms with Crippen LogP contribution in [0.5, 0.6) is 0 Å². The predicted octanol–water partition coefficient (Wildman–Crippen LogP) is 2.63. The zero-order chi connectivity index (χ0) is 13.1. The lowest BCUT2D eigenvalue weighted by Gasteiger charge is -2.20. The van der Waals surface area contributed by atoms with Crippen molar-refractivity contribution in [2.45, 2.75) is 20.1 Å². The van der Waals surface area contributed by atoms with E-state index in [0.29, 0.717) is 12.4 Å². The summed E-state index contributed by atoms with van der Waals surface area (Å²) in [7, 11) is 1.94. The SMILES string of the molecule is Cc1ncc(CO)c(N(C)Cc2ccc(Cl)s2)n1. The van der Waals surface area contributed by atoms with Gasteiger partial charge in [0.15, 0.2) is 0 Å². The highest BCUT2D eigenvalue weighted by Gasteiger charge is 2.11. The van der Waals surface area contributed by atoms with Crippen LogP contribution >= 0.6 is 22.9 Å². The van der Waals surface area contributed by atoms with Gasteiger partial charge in [-0.3, -0.25) is 0 Å². The van der Waals surface area contributed by atoms with Gasteiger partial charge in [0.05, 0.1) is 17.5 Å². The van der Waals surface area contributed by atoms with E-state index in [1.165, 1.54) is 0 Å². The number of hydrogen-bond acceptors (Lipinski definition) is 5. The first-order valence-electron chi connectivity index (χ1n) is 5.49. The van der Waals surface area contributed by atoms with Crippen molar-refractivity contribution in [1.82, 2.24) is 9.97 Å². The van der Waals surface area contributed by atoms with Gasteiger partial charge in [-0.25, -0.2) is 9.97 Å². The van der Waals surface area contributed by atoms with Gasteiger partial charge in [-0.2, -0.15) is 0 Å². The summed E-state index contributed by atoms with van der Waals surface area (Å²) in [6.45, 7) is 2.48. The molecule has 0 aliphatic carbocycles. The molecular weight excluding hydrogens is 270 g/mol. The summed E-state index contributed by atoms with van der Waals surface area (Å²) in [6, 6.07) is 3.88. The first-order valence-corrected chi connectivity index (χ1v) is 6.68. The maximum atomic E-state index is 9.30. The number of anilines is 1. The number of hydrogen-bond donors (Lipinski definition) is 1. The first-order chi connectivity index (χ1) is 8.60. The monoisotopic (exact) mass is 283 g/mol. The minimum Gasteiger partial charge on any atom is -0.391 e. The number of thiophene rings is 1. The quantitative estimate of drug-likeness (QED) is 0.937. The third kappa shape index (κ3) is 2.98. The Bertz CT molecular complexity index is 544. The zero-order valence-electron chi connectivity index (χ0n) is 10.2. The van der Waals surface area contributed by atoms with Crippen LogP contribution in [-0.4, -0.2) is 22.1 Å². The normalized spacial score (nSPS) is 10.7. The summed E-state index contributed by atoms with van der Waals surface area (Å²) >= 11 is 7.45. The van der Waals surface area contributed by atoms with Crippen molar-refractivity contribution in [1.29, 1.82) is 0 Å². The van der Waals surface area contributed by atoms with Gasteiger partial charge in [0.25, 0.3) is 0 Å². The summed E-state index contributed by atoms with van der Waals surface area (Å²) < 4.78 is 0.777. The molecule has 0 aromatic carbocycles. The van der Waals surface area contributed by atoms with Crippen LogP contribution < -0.4 is 4.90 Å². The zero-order valence-corrected chi connectivity index (χ0v) is 11.8. The van der Waals surface area contributed by atoms with Crippen molar-refractivity contribution in [3.05, 3.63) is 38.9 Å². The van der Waals surface area contributed by atoms with E-state index in [1.807, 2.05) is 31.0 Å². The van der Waals surface area contributed by atoms with Gasteiger partial charge in [-0.05, 0) is 19.1 Å². The molecule has 18 heavy (non-hydrogen) atoms. The average molecular weight is 284 g/mol. The molecule has 1 N–H and O–H groups in total. The molecule has 0 fully saturated rings. The highest BCUT2D eigenvalue weighted by atomic mass is 35.5. The Hall–Kier alpha value is -1.17. The molecule has 2 rings (SSSR count). The van der Waals surface area contributed by atoms with Gasteiger partial charge in [0, 0.05) is 23.7 Å². The van der Waals surface area contributed by atoms with Crippen LogP contribution in [-0.2, 0) is 13.2 Å². The van der Waals surface area contributed by atoms with Crippen molar-refractivity contribution in [3.63, 3.8) is 0 Å². The lowest BCUT2D eigenvalue weighted by molar-refractivity contribution is 0.281. The Morgan fingerprint density at radius 2 is 2.22 bits per heavy atom. The predicted molar refractivity (Wildman–Crippen MR) is 74.1 cm³/mol. The molecule has 0 spiro atoms. The van der Waals surface area contributed by atoms with Gasteiger partial charge in [0.1, 0.15) is 11.6 Å². The average Bonchev–Trinajstić information content (AvgIpc) is 2.74. The van der Waals surface area contributed by atoms with Gasteiger partial charge in [0.2, 0.25) is 0 Å². The molecule has 2 aromatic rings. The second-order valence-electron chi connectivity index (χ2n) is 3.99. The largest absolute Gasteiger partial charge is 0.391 e. The van der Waals surface area contributed by atoms with Gasteiger partial charge in [-0.15, -0.1) is 11.3 Å². The van der Waals surface area contributed by atoms with Crippen LogP contribution in [0.1, 0.15) is 16.3 Å². The third-order valence-electron chi connectivity index (χ3n) is 2.52. The lowest BCUT2D eigenvalue weighted by Crippen LogP contribution is -2.19. The van der Waals surface area contributed by atoms with E-state index in [4.69, 9.17) is 11.6 Å². The third-order valence-corrected chi connectivity index (χ3v) is 3.73. The van der Waals surface area contributed by atoms with Gasteiger partial charge < -0.3 is 10.0 Å². The highest BCUT2D eigenvalue weighted by Crippen LogP contribution is 2.25. The minimum absolute atomic E-state index is 0.0643. The standard InChI is InChI=1S/C12H14ClN3OS/c1-8-14-5-9(7-17)12(15-8)16(2)6-10-3-4-11(13)18-10/h3-5,17H,6-7H2,1-2H3. The summed E-state index contributed by atoms with van der Waals surface area (Å²) in [4.78, 5) is 11.6.